The standard InChI is InChI=1S/C11H15NO2.ClH/c1-13-10-6-2-4-8-9(12)5-3-7-14-11(8)10;/h2,4,6,9H,3,5,7,12H2,1H3;1H. The predicted octanol–water partition coefficient (Wildman–Crippen LogP) is 2.29. The van der Waals surface area contributed by atoms with E-state index in [-0.39, 0.29) is 18.4 Å². The molecule has 0 aliphatic carbocycles. The van der Waals surface area contributed by atoms with E-state index in [4.69, 9.17) is 15.2 Å². The number of hydrogen-bond acceptors (Lipinski definition) is 3. The molecule has 0 bridgehead atoms. The zero-order valence-electron chi connectivity index (χ0n) is 8.73. The third-order valence-corrected chi connectivity index (χ3v) is 2.53. The van der Waals surface area contributed by atoms with Crippen LogP contribution < -0.4 is 15.2 Å². The second kappa shape index (κ2) is 5.24. The molecule has 1 atom stereocenters. The molecule has 15 heavy (non-hydrogen) atoms. The summed E-state index contributed by atoms with van der Waals surface area (Å²) in [6.45, 7) is 0.723. The second-order valence-corrected chi connectivity index (χ2v) is 3.48. The average Bonchev–Trinajstić information content (AvgIpc) is 2.41. The Kier molecular flexibility index (Phi) is 4.24. The maximum atomic E-state index is 6.03. The summed E-state index contributed by atoms with van der Waals surface area (Å²) in [6.07, 6.45) is 1.97. The van der Waals surface area contributed by atoms with E-state index in [0.717, 1.165) is 36.5 Å². The lowest BCUT2D eigenvalue weighted by molar-refractivity contribution is 0.294. The van der Waals surface area contributed by atoms with E-state index in [0.29, 0.717) is 0 Å². The van der Waals surface area contributed by atoms with Gasteiger partial charge >= 0.3 is 0 Å². The molecular weight excluding hydrogens is 214 g/mol. The summed E-state index contributed by atoms with van der Waals surface area (Å²) < 4.78 is 10.9. The number of rotatable bonds is 1. The highest BCUT2D eigenvalue weighted by Gasteiger charge is 2.19. The summed E-state index contributed by atoms with van der Waals surface area (Å²) in [5, 5.41) is 0. The molecule has 1 aromatic rings. The van der Waals surface area contributed by atoms with Crippen molar-refractivity contribution in [2.24, 2.45) is 5.73 Å². The smallest absolute Gasteiger partial charge is 0.165 e. The van der Waals surface area contributed by atoms with Crippen LogP contribution in [0, 0.1) is 0 Å². The van der Waals surface area contributed by atoms with Crippen LogP contribution >= 0.6 is 12.4 Å². The van der Waals surface area contributed by atoms with E-state index in [1.54, 1.807) is 7.11 Å². The minimum absolute atomic E-state index is 0. The second-order valence-electron chi connectivity index (χ2n) is 3.48. The van der Waals surface area contributed by atoms with Crippen molar-refractivity contribution in [3.63, 3.8) is 0 Å². The number of nitrogens with two attached hydrogens (primary N) is 1. The molecular formula is C11H16ClNO2. The van der Waals surface area contributed by atoms with Crippen molar-refractivity contribution >= 4 is 12.4 Å². The number of benzene rings is 1. The largest absolute Gasteiger partial charge is 0.493 e. The number of halogens is 1. The summed E-state index contributed by atoms with van der Waals surface area (Å²) in [4.78, 5) is 0. The first-order valence-electron chi connectivity index (χ1n) is 4.88. The van der Waals surface area contributed by atoms with E-state index < -0.39 is 0 Å². The topological polar surface area (TPSA) is 44.5 Å². The molecule has 2 rings (SSSR count). The number of para-hydroxylation sites is 1. The van der Waals surface area contributed by atoms with Gasteiger partial charge in [-0.1, -0.05) is 12.1 Å². The molecule has 0 amide bonds. The van der Waals surface area contributed by atoms with Gasteiger partial charge < -0.3 is 15.2 Å². The Morgan fingerprint density at radius 3 is 3.00 bits per heavy atom. The molecule has 84 valence electrons. The molecule has 0 saturated heterocycles. The molecule has 1 aliphatic rings. The highest BCUT2D eigenvalue weighted by molar-refractivity contribution is 5.85. The summed E-state index contributed by atoms with van der Waals surface area (Å²) in [5.74, 6) is 1.60. The summed E-state index contributed by atoms with van der Waals surface area (Å²) in [5.41, 5.74) is 7.09. The van der Waals surface area contributed by atoms with Gasteiger partial charge in [-0.3, -0.25) is 0 Å². The first-order chi connectivity index (χ1) is 6.83. The number of ether oxygens (including phenoxy) is 2. The van der Waals surface area contributed by atoms with Gasteiger partial charge in [-0.05, 0) is 18.9 Å². The highest BCUT2D eigenvalue weighted by Crippen LogP contribution is 2.37. The van der Waals surface area contributed by atoms with Gasteiger partial charge in [-0.25, -0.2) is 0 Å². The maximum Gasteiger partial charge on any atom is 0.165 e. The summed E-state index contributed by atoms with van der Waals surface area (Å²) in [6, 6.07) is 5.93. The molecule has 1 aromatic carbocycles. The number of methoxy groups -OCH3 is 1. The van der Waals surface area contributed by atoms with Crippen LogP contribution in [0.5, 0.6) is 11.5 Å². The number of fused-ring (bicyclic) bond motifs is 1. The monoisotopic (exact) mass is 229 g/mol. The lowest BCUT2D eigenvalue weighted by atomic mass is 10.0. The van der Waals surface area contributed by atoms with Crippen LogP contribution in [0.4, 0.5) is 0 Å². The lowest BCUT2D eigenvalue weighted by Crippen LogP contribution is -2.09. The zero-order chi connectivity index (χ0) is 9.97. The molecule has 2 N–H and O–H groups in total. The van der Waals surface area contributed by atoms with E-state index in [9.17, 15) is 0 Å². The Hall–Kier alpha value is -0.930. The maximum absolute atomic E-state index is 6.03. The van der Waals surface area contributed by atoms with Gasteiger partial charge in [0.15, 0.2) is 11.5 Å². The zero-order valence-corrected chi connectivity index (χ0v) is 9.55. The van der Waals surface area contributed by atoms with Crippen LogP contribution in [-0.4, -0.2) is 13.7 Å². The first-order valence-corrected chi connectivity index (χ1v) is 4.88. The van der Waals surface area contributed by atoms with Gasteiger partial charge in [0.05, 0.1) is 13.7 Å². The lowest BCUT2D eigenvalue weighted by Gasteiger charge is -2.14. The van der Waals surface area contributed by atoms with Crippen molar-refractivity contribution in [1.82, 2.24) is 0 Å². The SMILES string of the molecule is COc1cccc2c1OCCCC2N.Cl. The predicted molar refractivity (Wildman–Crippen MR) is 61.9 cm³/mol. The van der Waals surface area contributed by atoms with Crippen LogP contribution in [0.25, 0.3) is 0 Å². The molecule has 0 radical (unpaired) electrons. The third-order valence-electron chi connectivity index (χ3n) is 2.53. The molecule has 4 heteroatoms. The van der Waals surface area contributed by atoms with Gasteiger partial charge in [-0.2, -0.15) is 0 Å². The Bertz CT molecular complexity index is 330. The van der Waals surface area contributed by atoms with Crippen molar-refractivity contribution in [1.29, 1.82) is 0 Å². The van der Waals surface area contributed by atoms with Crippen LogP contribution in [-0.2, 0) is 0 Å². The number of hydrogen-bond donors (Lipinski definition) is 1. The summed E-state index contributed by atoms with van der Waals surface area (Å²) in [7, 11) is 1.65. The normalized spacial score (nSPS) is 19.2. The van der Waals surface area contributed by atoms with Gasteiger partial charge in [0.2, 0.25) is 0 Å². The van der Waals surface area contributed by atoms with Crippen molar-refractivity contribution in [3.05, 3.63) is 23.8 Å². The third kappa shape index (κ3) is 2.36. The van der Waals surface area contributed by atoms with Crippen molar-refractivity contribution in [3.8, 4) is 11.5 Å². The molecule has 0 spiro atoms. The fourth-order valence-corrected chi connectivity index (χ4v) is 1.77. The molecule has 0 fully saturated rings. The minimum atomic E-state index is 0. The van der Waals surface area contributed by atoms with E-state index in [1.165, 1.54) is 0 Å². The van der Waals surface area contributed by atoms with Gasteiger partial charge in [0, 0.05) is 11.6 Å². The fourth-order valence-electron chi connectivity index (χ4n) is 1.77. The van der Waals surface area contributed by atoms with Gasteiger partial charge in [0.1, 0.15) is 0 Å². The van der Waals surface area contributed by atoms with Crippen LogP contribution in [0.3, 0.4) is 0 Å². The van der Waals surface area contributed by atoms with Gasteiger partial charge in [-0.15, -0.1) is 12.4 Å². The van der Waals surface area contributed by atoms with E-state index in [1.807, 2.05) is 18.2 Å². The average molecular weight is 230 g/mol. The molecule has 0 saturated carbocycles. The van der Waals surface area contributed by atoms with E-state index >= 15 is 0 Å². The van der Waals surface area contributed by atoms with Crippen LogP contribution in [0.1, 0.15) is 24.4 Å². The Morgan fingerprint density at radius 1 is 1.47 bits per heavy atom. The fraction of sp³-hybridized carbons (Fsp3) is 0.455. The van der Waals surface area contributed by atoms with E-state index in [2.05, 4.69) is 0 Å². The Balaban J connectivity index is 0.00000112. The van der Waals surface area contributed by atoms with Crippen molar-refractivity contribution < 1.29 is 9.47 Å². The molecule has 0 aromatic heterocycles. The van der Waals surface area contributed by atoms with Crippen LogP contribution in [0.15, 0.2) is 18.2 Å². The Morgan fingerprint density at radius 2 is 2.27 bits per heavy atom. The van der Waals surface area contributed by atoms with Crippen LogP contribution in [0.2, 0.25) is 0 Å². The molecule has 1 heterocycles. The van der Waals surface area contributed by atoms with Crippen molar-refractivity contribution in [2.75, 3.05) is 13.7 Å². The van der Waals surface area contributed by atoms with Crippen molar-refractivity contribution in [2.45, 2.75) is 18.9 Å². The molecule has 1 aliphatic heterocycles. The molecule has 1 unspecified atom stereocenters. The Labute approximate surface area is 96.0 Å². The summed E-state index contributed by atoms with van der Waals surface area (Å²) >= 11 is 0. The van der Waals surface area contributed by atoms with Gasteiger partial charge in [0.25, 0.3) is 0 Å². The first kappa shape index (κ1) is 12.1. The minimum Gasteiger partial charge on any atom is -0.493 e. The molecule has 3 nitrogen and oxygen atoms in total. The highest BCUT2D eigenvalue weighted by atomic mass is 35.5. The quantitative estimate of drug-likeness (QED) is 0.804.